The normalized spacial score (nSPS) is 17.0. The van der Waals surface area contributed by atoms with Gasteiger partial charge in [0.1, 0.15) is 17.7 Å². The number of rotatable bonds is 5. The Labute approximate surface area is 159 Å². The molecule has 3 rings (SSSR count). The first-order valence-corrected chi connectivity index (χ1v) is 9.16. The minimum atomic E-state index is -0.284. The van der Waals surface area contributed by atoms with Crippen LogP contribution in [-0.2, 0) is 11.3 Å². The third kappa shape index (κ3) is 5.44. The Morgan fingerprint density at radius 1 is 1.30 bits per heavy atom. The van der Waals surface area contributed by atoms with Gasteiger partial charge in [0.25, 0.3) is 0 Å². The lowest BCUT2D eigenvalue weighted by atomic mass is 10.1. The number of carbonyl (C=O) groups excluding carboxylic acids is 1. The highest BCUT2D eigenvalue weighted by molar-refractivity contribution is 5.74. The highest BCUT2D eigenvalue weighted by Gasteiger charge is 2.25. The van der Waals surface area contributed by atoms with Crippen LogP contribution in [0.15, 0.2) is 48.5 Å². The molecule has 6 heteroatoms. The molecule has 0 spiro atoms. The summed E-state index contributed by atoms with van der Waals surface area (Å²) in [5.41, 5.74) is 1.84. The molecule has 0 aliphatic carbocycles. The van der Waals surface area contributed by atoms with E-state index in [9.17, 15) is 9.18 Å². The molecule has 27 heavy (non-hydrogen) atoms. The molecule has 5 nitrogen and oxygen atoms in total. The zero-order chi connectivity index (χ0) is 19.2. The average molecular weight is 372 g/mol. The van der Waals surface area contributed by atoms with Crippen LogP contribution >= 0.6 is 0 Å². The van der Waals surface area contributed by atoms with E-state index in [0.29, 0.717) is 26.2 Å². The standard InChI is InChI=1S/C21H25FN2O3/c1-15(2)27-19-5-3-4-16(12-19)13-23-21(25)24-10-11-26-20(14-24)17-6-8-18(22)9-7-17/h3-9,12,15,20H,10-11,13-14H2,1-2H3,(H,23,25). The Morgan fingerprint density at radius 3 is 2.81 bits per heavy atom. The molecule has 2 amide bonds. The Bertz CT molecular complexity index is 764. The van der Waals surface area contributed by atoms with Crippen LogP contribution in [0.4, 0.5) is 9.18 Å². The molecular weight excluding hydrogens is 347 g/mol. The lowest BCUT2D eigenvalue weighted by Gasteiger charge is -2.33. The van der Waals surface area contributed by atoms with Gasteiger partial charge < -0.3 is 19.7 Å². The molecular formula is C21H25FN2O3. The predicted octanol–water partition coefficient (Wildman–Crippen LogP) is 3.90. The molecule has 0 aromatic heterocycles. The van der Waals surface area contributed by atoms with Crippen molar-refractivity contribution in [3.63, 3.8) is 0 Å². The number of ether oxygens (including phenoxy) is 2. The highest BCUT2D eigenvalue weighted by atomic mass is 19.1. The van der Waals surface area contributed by atoms with Gasteiger partial charge in [0.15, 0.2) is 0 Å². The Kier molecular flexibility index (Phi) is 6.29. The fraction of sp³-hybridized carbons (Fsp3) is 0.381. The second-order valence-electron chi connectivity index (χ2n) is 6.83. The fourth-order valence-corrected chi connectivity index (χ4v) is 3.00. The van der Waals surface area contributed by atoms with Crippen molar-refractivity contribution < 1.29 is 18.7 Å². The first-order chi connectivity index (χ1) is 13.0. The van der Waals surface area contributed by atoms with E-state index in [1.165, 1.54) is 12.1 Å². The van der Waals surface area contributed by atoms with E-state index >= 15 is 0 Å². The monoisotopic (exact) mass is 372 g/mol. The summed E-state index contributed by atoms with van der Waals surface area (Å²) in [7, 11) is 0. The first kappa shape index (κ1) is 19.2. The molecule has 1 saturated heterocycles. The van der Waals surface area contributed by atoms with Gasteiger partial charge in [0.05, 0.1) is 19.3 Å². The van der Waals surface area contributed by atoms with E-state index < -0.39 is 0 Å². The number of amides is 2. The second-order valence-corrected chi connectivity index (χ2v) is 6.83. The van der Waals surface area contributed by atoms with Crippen LogP contribution < -0.4 is 10.1 Å². The van der Waals surface area contributed by atoms with E-state index in [4.69, 9.17) is 9.47 Å². The molecule has 2 aromatic carbocycles. The number of urea groups is 1. The van der Waals surface area contributed by atoms with Gasteiger partial charge in [0, 0.05) is 13.1 Å². The van der Waals surface area contributed by atoms with Crippen molar-refractivity contribution in [2.24, 2.45) is 0 Å². The number of halogens is 1. The number of carbonyl (C=O) groups is 1. The van der Waals surface area contributed by atoms with Crippen LogP contribution in [-0.4, -0.2) is 36.7 Å². The lowest BCUT2D eigenvalue weighted by Crippen LogP contribution is -2.46. The van der Waals surface area contributed by atoms with Crippen molar-refractivity contribution in [3.8, 4) is 5.75 Å². The Balaban J connectivity index is 1.55. The van der Waals surface area contributed by atoms with Gasteiger partial charge in [-0.15, -0.1) is 0 Å². The van der Waals surface area contributed by atoms with Gasteiger partial charge in [-0.05, 0) is 49.2 Å². The van der Waals surface area contributed by atoms with Gasteiger partial charge in [-0.25, -0.2) is 9.18 Å². The maximum Gasteiger partial charge on any atom is 0.317 e. The van der Waals surface area contributed by atoms with Crippen molar-refractivity contribution in [2.75, 3.05) is 19.7 Å². The molecule has 1 atom stereocenters. The quantitative estimate of drug-likeness (QED) is 0.866. The third-order valence-corrected chi connectivity index (χ3v) is 4.31. The molecule has 0 radical (unpaired) electrons. The molecule has 1 aliphatic heterocycles. The van der Waals surface area contributed by atoms with Gasteiger partial charge in [-0.2, -0.15) is 0 Å². The zero-order valence-electron chi connectivity index (χ0n) is 15.7. The lowest BCUT2D eigenvalue weighted by molar-refractivity contribution is -0.0155. The average Bonchev–Trinajstić information content (AvgIpc) is 2.66. The summed E-state index contributed by atoms with van der Waals surface area (Å²) < 4.78 is 24.5. The van der Waals surface area contributed by atoms with Gasteiger partial charge >= 0.3 is 6.03 Å². The van der Waals surface area contributed by atoms with Crippen molar-refractivity contribution in [3.05, 3.63) is 65.5 Å². The van der Waals surface area contributed by atoms with Crippen molar-refractivity contribution in [1.29, 1.82) is 0 Å². The van der Waals surface area contributed by atoms with Gasteiger partial charge in [-0.3, -0.25) is 0 Å². The maximum atomic E-state index is 13.1. The van der Waals surface area contributed by atoms with E-state index in [2.05, 4.69) is 5.32 Å². The van der Waals surface area contributed by atoms with Gasteiger partial charge in [-0.1, -0.05) is 24.3 Å². The smallest absolute Gasteiger partial charge is 0.317 e. The van der Waals surface area contributed by atoms with Crippen molar-refractivity contribution >= 4 is 6.03 Å². The van der Waals surface area contributed by atoms with Crippen molar-refractivity contribution in [1.82, 2.24) is 10.2 Å². The van der Waals surface area contributed by atoms with Crippen LogP contribution in [0.1, 0.15) is 31.1 Å². The molecule has 2 aromatic rings. The number of morpholine rings is 1. The van der Waals surface area contributed by atoms with Crippen LogP contribution in [0.5, 0.6) is 5.75 Å². The third-order valence-electron chi connectivity index (χ3n) is 4.31. The second kappa shape index (κ2) is 8.86. The topological polar surface area (TPSA) is 50.8 Å². The molecule has 1 heterocycles. The summed E-state index contributed by atoms with van der Waals surface area (Å²) in [5.74, 6) is 0.507. The van der Waals surface area contributed by atoms with E-state index in [1.54, 1.807) is 17.0 Å². The summed E-state index contributed by atoms with van der Waals surface area (Å²) in [6, 6.07) is 13.8. The number of hydrogen-bond donors (Lipinski definition) is 1. The molecule has 1 unspecified atom stereocenters. The predicted molar refractivity (Wildman–Crippen MR) is 101 cm³/mol. The SMILES string of the molecule is CC(C)Oc1cccc(CNC(=O)N2CCOC(c3ccc(F)cc3)C2)c1. The number of benzene rings is 2. The van der Waals surface area contributed by atoms with Crippen LogP contribution in [0.25, 0.3) is 0 Å². The summed E-state index contributed by atoms with van der Waals surface area (Å²) in [6.45, 7) is 5.79. The van der Waals surface area contributed by atoms with E-state index in [1.807, 2.05) is 38.1 Å². The molecule has 1 aliphatic rings. The first-order valence-electron chi connectivity index (χ1n) is 9.16. The minimum absolute atomic E-state index is 0.103. The zero-order valence-corrected chi connectivity index (χ0v) is 15.7. The minimum Gasteiger partial charge on any atom is -0.491 e. The summed E-state index contributed by atoms with van der Waals surface area (Å²) >= 11 is 0. The largest absolute Gasteiger partial charge is 0.491 e. The van der Waals surface area contributed by atoms with E-state index in [0.717, 1.165) is 16.9 Å². The number of nitrogens with zero attached hydrogens (tertiary/aromatic N) is 1. The summed E-state index contributed by atoms with van der Waals surface area (Å²) in [4.78, 5) is 14.3. The molecule has 1 N–H and O–H groups in total. The van der Waals surface area contributed by atoms with Crippen LogP contribution in [0, 0.1) is 5.82 Å². The summed E-state index contributed by atoms with van der Waals surface area (Å²) in [5, 5.41) is 2.95. The summed E-state index contributed by atoms with van der Waals surface area (Å²) in [6.07, 6.45) is -0.139. The molecule has 0 bridgehead atoms. The Morgan fingerprint density at radius 2 is 2.07 bits per heavy atom. The van der Waals surface area contributed by atoms with Crippen LogP contribution in [0.3, 0.4) is 0 Å². The maximum absolute atomic E-state index is 13.1. The molecule has 144 valence electrons. The molecule has 0 saturated carbocycles. The number of hydrogen-bond acceptors (Lipinski definition) is 3. The van der Waals surface area contributed by atoms with Gasteiger partial charge in [0.2, 0.25) is 0 Å². The number of nitrogens with one attached hydrogen (secondary N) is 1. The molecule has 1 fully saturated rings. The highest BCUT2D eigenvalue weighted by Crippen LogP contribution is 2.22. The van der Waals surface area contributed by atoms with Crippen LogP contribution in [0.2, 0.25) is 0 Å². The van der Waals surface area contributed by atoms with Crippen molar-refractivity contribution in [2.45, 2.75) is 32.6 Å². The Hall–Kier alpha value is -2.60. The fourth-order valence-electron chi connectivity index (χ4n) is 3.00. The van der Waals surface area contributed by atoms with E-state index in [-0.39, 0.29) is 24.1 Å².